The van der Waals surface area contributed by atoms with Crippen LogP contribution in [-0.4, -0.2) is 43.5 Å². The molecule has 1 heterocycles. The zero-order valence-electron chi connectivity index (χ0n) is 10.9. The van der Waals surface area contributed by atoms with Crippen LogP contribution in [0.2, 0.25) is 0 Å². The summed E-state index contributed by atoms with van der Waals surface area (Å²) in [5.41, 5.74) is 0.856. The van der Waals surface area contributed by atoms with E-state index in [0.29, 0.717) is 12.6 Å². The first-order valence-electron chi connectivity index (χ1n) is 6.51. The Balaban J connectivity index is 1.73. The molecule has 4 heteroatoms. The maximum atomic E-state index is 11.8. The number of hydrogen-bond acceptors (Lipinski definition) is 3. The monoisotopic (exact) mass is 247 g/mol. The Labute approximate surface area is 108 Å². The summed E-state index contributed by atoms with van der Waals surface area (Å²) in [6, 6.07) is 10.1. The number of amides is 1. The molecule has 2 rings (SSSR count). The third-order valence-electron chi connectivity index (χ3n) is 3.17. The van der Waals surface area contributed by atoms with Gasteiger partial charge in [0.05, 0.1) is 6.54 Å². The van der Waals surface area contributed by atoms with Gasteiger partial charge in [0.25, 0.3) is 0 Å². The molecule has 1 aromatic carbocycles. The number of nitrogens with one attached hydrogen (secondary N) is 2. The van der Waals surface area contributed by atoms with Gasteiger partial charge in [0.15, 0.2) is 0 Å². The van der Waals surface area contributed by atoms with Crippen molar-refractivity contribution in [3.05, 3.63) is 30.3 Å². The minimum Gasteiger partial charge on any atom is -0.325 e. The molecule has 0 saturated carbocycles. The van der Waals surface area contributed by atoms with Crippen LogP contribution in [0.25, 0.3) is 0 Å². The van der Waals surface area contributed by atoms with Gasteiger partial charge < -0.3 is 10.6 Å². The molecule has 0 radical (unpaired) electrons. The maximum Gasteiger partial charge on any atom is 0.238 e. The van der Waals surface area contributed by atoms with Crippen LogP contribution in [0.5, 0.6) is 0 Å². The van der Waals surface area contributed by atoms with E-state index < -0.39 is 0 Å². The van der Waals surface area contributed by atoms with Gasteiger partial charge in [-0.3, -0.25) is 9.69 Å². The number of carbonyl (C=O) groups is 1. The van der Waals surface area contributed by atoms with E-state index in [2.05, 4.69) is 15.5 Å². The van der Waals surface area contributed by atoms with Gasteiger partial charge in [0.2, 0.25) is 5.91 Å². The molecule has 98 valence electrons. The number of nitrogens with zero attached hydrogens (tertiary/aromatic N) is 1. The molecule has 18 heavy (non-hydrogen) atoms. The Morgan fingerprint density at radius 2 is 2.22 bits per heavy atom. The lowest BCUT2D eigenvalue weighted by Crippen LogP contribution is -2.39. The van der Waals surface area contributed by atoms with Gasteiger partial charge >= 0.3 is 0 Å². The minimum absolute atomic E-state index is 0.0432. The lowest BCUT2D eigenvalue weighted by atomic mass is 10.2. The SMILES string of the molecule is CN(CC(=O)Nc1ccccc1)CC1CCCN1. The molecule has 1 aliphatic heterocycles. The van der Waals surface area contributed by atoms with Crippen LogP contribution in [-0.2, 0) is 4.79 Å². The second-order valence-electron chi connectivity index (χ2n) is 4.90. The van der Waals surface area contributed by atoms with Gasteiger partial charge in [-0.2, -0.15) is 0 Å². The third kappa shape index (κ3) is 4.13. The van der Waals surface area contributed by atoms with E-state index in [9.17, 15) is 4.79 Å². The zero-order chi connectivity index (χ0) is 12.8. The molecule has 0 aliphatic carbocycles. The number of para-hydroxylation sites is 1. The van der Waals surface area contributed by atoms with Crippen LogP contribution in [0.3, 0.4) is 0 Å². The van der Waals surface area contributed by atoms with Gasteiger partial charge in [-0.15, -0.1) is 0 Å². The van der Waals surface area contributed by atoms with E-state index in [-0.39, 0.29) is 5.91 Å². The highest BCUT2D eigenvalue weighted by molar-refractivity contribution is 5.92. The van der Waals surface area contributed by atoms with Crippen LogP contribution in [0.15, 0.2) is 30.3 Å². The van der Waals surface area contributed by atoms with Crippen LogP contribution < -0.4 is 10.6 Å². The summed E-state index contributed by atoms with van der Waals surface area (Å²) in [6.45, 7) is 2.48. The quantitative estimate of drug-likeness (QED) is 0.824. The molecule has 0 aromatic heterocycles. The fourth-order valence-corrected chi connectivity index (χ4v) is 2.32. The highest BCUT2D eigenvalue weighted by Gasteiger charge is 2.17. The first kappa shape index (κ1) is 13.1. The maximum absolute atomic E-state index is 11.8. The second-order valence-corrected chi connectivity index (χ2v) is 4.90. The topological polar surface area (TPSA) is 44.4 Å². The Morgan fingerprint density at radius 1 is 1.44 bits per heavy atom. The number of hydrogen-bond donors (Lipinski definition) is 2. The molecule has 1 amide bonds. The summed E-state index contributed by atoms with van der Waals surface area (Å²) in [5, 5.41) is 6.33. The normalized spacial score (nSPS) is 19.1. The summed E-state index contributed by atoms with van der Waals surface area (Å²) >= 11 is 0. The average Bonchev–Trinajstić information content (AvgIpc) is 2.82. The summed E-state index contributed by atoms with van der Waals surface area (Å²) < 4.78 is 0. The summed E-state index contributed by atoms with van der Waals surface area (Å²) in [5.74, 6) is 0.0432. The molecule has 2 N–H and O–H groups in total. The first-order chi connectivity index (χ1) is 8.74. The van der Waals surface area contributed by atoms with Crippen molar-refractivity contribution in [1.29, 1.82) is 0 Å². The number of likely N-dealkylation sites (N-methyl/N-ethyl adjacent to an activating group) is 1. The zero-order valence-corrected chi connectivity index (χ0v) is 10.9. The van der Waals surface area contributed by atoms with E-state index >= 15 is 0 Å². The van der Waals surface area contributed by atoms with Crippen molar-refractivity contribution in [2.75, 3.05) is 32.0 Å². The Morgan fingerprint density at radius 3 is 2.89 bits per heavy atom. The molecule has 1 aliphatic rings. The first-order valence-corrected chi connectivity index (χ1v) is 6.51. The van der Waals surface area contributed by atoms with Gasteiger partial charge in [-0.05, 0) is 38.6 Å². The number of carbonyl (C=O) groups excluding carboxylic acids is 1. The molecule has 0 spiro atoms. The fraction of sp³-hybridized carbons (Fsp3) is 0.500. The molecular weight excluding hydrogens is 226 g/mol. The number of rotatable bonds is 5. The number of anilines is 1. The van der Waals surface area contributed by atoms with Crippen LogP contribution in [0, 0.1) is 0 Å². The Kier molecular flexibility index (Phi) is 4.73. The highest BCUT2D eigenvalue weighted by Crippen LogP contribution is 2.07. The predicted octanol–water partition coefficient (Wildman–Crippen LogP) is 1.31. The lowest BCUT2D eigenvalue weighted by molar-refractivity contribution is -0.117. The second kappa shape index (κ2) is 6.52. The lowest BCUT2D eigenvalue weighted by Gasteiger charge is -2.20. The Hall–Kier alpha value is -1.39. The summed E-state index contributed by atoms with van der Waals surface area (Å²) in [6.07, 6.45) is 2.46. The van der Waals surface area contributed by atoms with Crippen molar-refractivity contribution in [3.8, 4) is 0 Å². The molecular formula is C14H21N3O. The molecule has 1 saturated heterocycles. The van der Waals surface area contributed by atoms with Crippen molar-refractivity contribution in [2.45, 2.75) is 18.9 Å². The van der Waals surface area contributed by atoms with E-state index in [1.165, 1.54) is 12.8 Å². The molecule has 4 nitrogen and oxygen atoms in total. The highest BCUT2D eigenvalue weighted by atomic mass is 16.2. The van der Waals surface area contributed by atoms with Gasteiger partial charge in [-0.1, -0.05) is 18.2 Å². The molecule has 1 aromatic rings. The minimum atomic E-state index is 0.0432. The summed E-state index contributed by atoms with van der Waals surface area (Å²) in [4.78, 5) is 13.9. The van der Waals surface area contributed by atoms with Crippen molar-refractivity contribution in [1.82, 2.24) is 10.2 Å². The van der Waals surface area contributed by atoms with E-state index in [1.54, 1.807) is 0 Å². The van der Waals surface area contributed by atoms with Crippen molar-refractivity contribution in [3.63, 3.8) is 0 Å². The van der Waals surface area contributed by atoms with Gasteiger partial charge in [-0.25, -0.2) is 0 Å². The Bertz CT molecular complexity index is 374. The largest absolute Gasteiger partial charge is 0.325 e. The van der Waals surface area contributed by atoms with Crippen LogP contribution in [0.4, 0.5) is 5.69 Å². The van der Waals surface area contributed by atoms with Crippen molar-refractivity contribution < 1.29 is 4.79 Å². The average molecular weight is 247 g/mol. The molecule has 1 fully saturated rings. The van der Waals surface area contributed by atoms with E-state index in [4.69, 9.17) is 0 Å². The molecule has 0 bridgehead atoms. The summed E-state index contributed by atoms with van der Waals surface area (Å²) in [7, 11) is 1.99. The van der Waals surface area contributed by atoms with Crippen LogP contribution in [0.1, 0.15) is 12.8 Å². The van der Waals surface area contributed by atoms with Crippen molar-refractivity contribution in [2.24, 2.45) is 0 Å². The molecule has 1 unspecified atom stereocenters. The van der Waals surface area contributed by atoms with E-state index in [0.717, 1.165) is 18.8 Å². The third-order valence-corrected chi connectivity index (χ3v) is 3.17. The van der Waals surface area contributed by atoms with Crippen LogP contribution >= 0.6 is 0 Å². The molecule has 1 atom stereocenters. The fourth-order valence-electron chi connectivity index (χ4n) is 2.32. The van der Waals surface area contributed by atoms with E-state index in [1.807, 2.05) is 37.4 Å². The van der Waals surface area contributed by atoms with Gasteiger partial charge in [0, 0.05) is 18.3 Å². The van der Waals surface area contributed by atoms with Crippen molar-refractivity contribution >= 4 is 11.6 Å². The predicted molar refractivity (Wildman–Crippen MR) is 73.6 cm³/mol. The standard InChI is InChI=1S/C14H21N3O/c1-17(10-13-8-5-9-15-13)11-14(18)16-12-6-3-2-4-7-12/h2-4,6-7,13,15H,5,8-11H2,1H3,(H,16,18). The number of benzene rings is 1. The van der Waals surface area contributed by atoms with Gasteiger partial charge in [0.1, 0.15) is 0 Å². The smallest absolute Gasteiger partial charge is 0.238 e.